The monoisotopic (exact) mass is 218 g/mol. The second kappa shape index (κ2) is 3.85. The van der Waals surface area contributed by atoms with E-state index in [1.54, 1.807) is 27.7 Å². The van der Waals surface area contributed by atoms with Gasteiger partial charge in [-0.1, -0.05) is 25.4 Å². The van der Waals surface area contributed by atoms with Gasteiger partial charge in [0.1, 0.15) is 11.6 Å². The highest BCUT2D eigenvalue weighted by molar-refractivity contribution is 6.31. The number of halogens is 3. The minimum absolute atomic E-state index is 0.0348. The molecule has 0 heterocycles. The van der Waals surface area contributed by atoms with Crippen molar-refractivity contribution in [3.8, 4) is 0 Å². The third kappa shape index (κ3) is 1.63. The van der Waals surface area contributed by atoms with Crippen LogP contribution in [0.25, 0.3) is 0 Å². The van der Waals surface area contributed by atoms with E-state index < -0.39 is 11.6 Å². The van der Waals surface area contributed by atoms with E-state index in [9.17, 15) is 8.78 Å². The fourth-order valence-corrected chi connectivity index (χ4v) is 1.66. The molecule has 0 aliphatic carbocycles. The van der Waals surface area contributed by atoms with Crippen LogP contribution < -0.4 is 0 Å². The second-order valence-corrected chi connectivity index (χ2v) is 4.14. The Balaban J connectivity index is 3.60. The number of hydrogen-bond acceptors (Lipinski definition) is 0. The molecule has 0 saturated carbocycles. The average Bonchev–Trinajstić information content (AvgIpc) is 2.11. The third-order valence-electron chi connectivity index (χ3n) is 2.46. The Morgan fingerprint density at radius 1 is 1.00 bits per heavy atom. The first-order valence-corrected chi connectivity index (χ1v) is 4.89. The van der Waals surface area contributed by atoms with Gasteiger partial charge in [0, 0.05) is 5.56 Å². The Bertz CT molecular complexity index is 341. The first kappa shape index (κ1) is 11.4. The van der Waals surface area contributed by atoms with Crippen LogP contribution in [0, 0.1) is 25.5 Å². The summed E-state index contributed by atoms with van der Waals surface area (Å²) in [4.78, 5) is 0. The van der Waals surface area contributed by atoms with Crippen molar-refractivity contribution in [2.45, 2.75) is 33.6 Å². The summed E-state index contributed by atoms with van der Waals surface area (Å²) in [6.45, 7) is 6.72. The summed E-state index contributed by atoms with van der Waals surface area (Å²) in [5, 5.41) is 0.0348. The van der Waals surface area contributed by atoms with Gasteiger partial charge < -0.3 is 0 Å². The Morgan fingerprint density at radius 3 is 1.93 bits per heavy atom. The number of benzene rings is 1. The van der Waals surface area contributed by atoms with Crippen LogP contribution in [0.4, 0.5) is 8.78 Å². The number of rotatable bonds is 1. The van der Waals surface area contributed by atoms with Crippen molar-refractivity contribution in [1.29, 1.82) is 0 Å². The SMILES string of the molecule is Cc1c(C)c(Cl)c(F)c(C(C)C)c1F. The summed E-state index contributed by atoms with van der Waals surface area (Å²) in [7, 11) is 0. The molecule has 3 heteroatoms. The fourth-order valence-electron chi connectivity index (χ4n) is 1.42. The minimum Gasteiger partial charge on any atom is -0.206 e. The van der Waals surface area contributed by atoms with Crippen molar-refractivity contribution in [3.05, 3.63) is 33.3 Å². The van der Waals surface area contributed by atoms with Crippen LogP contribution in [0.5, 0.6) is 0 Å². The highest BCUT2D eigenvalue weighted by Gasteiger charge is 2.20. The molecule has 1 aromatic carbocycles. The summed E-state index contributed by atoms with van der Waals surface area (Å²) in [5.74, 6) is -1.30. The fraction of sp³-hybridized carbons (Fsp3) is 0.455. The predicted molar refractivity (Wildman–Crippen MR) is 54.9 cm³/mol. The van der Waals surface area contributed by atoms with Crippen molar-refractivity contribution in [1.82, 2.24) is 0 Å². The van der Waals surface area contributed by atoms with Gasteiger partial charge in [0.15, 0.2) is 0 Å². The van der Waals surface area contributed by atoms with E-state index in [2.05, 4.69) is 0 Å². The van der Waals surface area contributed by atoms with Gasteiger partial charge in [-0.2, -0.15) is 0 Å². The van der Waals surface area contributed by atoms with Gasteiger partial charge >= 0.3 is 0 Å². The van der Waals surface area contributed by atoms with Gasteiger partial charge in [0.05, 0.1) is 5.02 Å². The first-order valence-electron chi connectivity index (χ1n) is 4.51. The molecule has 0 saturated heterocycles. The number of hydrogen-bond donors (Lipinski definition) is 0. The third-order valence-corrected chi connectivity index (χ3v) is 2.91. The summed E-state index contributed by atoms with van der Waals surface area (Å²) >= 11 is 5.76. The van der Waals surface area contributed by atoms with Gasteiger partial charge in [0.2, 0.25) is 0 Å². The lowest BCUT2D eigenvalue weighted by Crippen LogP contribution is -2.04. The molecule has 0 atom stereocenters. The van der Waals surface area contributed by atoms with Crippen LogP contribution in [0.15, 0.2) is 0 Å². The lowest BCUT2D eigenvalue weighted by molar-refractivity contribution is 0.535. The normalized spacial score (nSPS) is 11.1. The lowest BCUT2D eigenvalue weighted by Gasteiger charge is -2.14. The van der Waals surface area contributed by atoms with Crippen molar-refractivity contribution >= 4 is 11.6 Å². The summed E-state index contributed by atoms with van der Waals surface area (Å²) in [6.07, 6.45) is 0. The highest BCUT2D eigenvalue weighted by atomic mass is 35.5. The predicted octanol–water partition coefficient (Wildman–Crippen LogP) is 4.36. The van der Waals surface area contributed by atoms with Gasteiger partial charge in [-0.25, -0.2) is 8.78 Å². The van der Waals surface area contributed by atoms with E-state index in [4.69, 9.17) is 11.6 Å². The summed E-state index contributed by atoms with van der Waals surface area (Å²) < 4.78 is 27.2. The second-order valence-electron chi connectivity index (χ2n) is 3.76. The van der Waals surface area contributed by atoms with Crippen molar-refractivity contribution in [2.24, 2.45) is 0 Å². The molecule has 78 valence electrons. The quantitative estimate of drug-likeness (QED) is 0.615. The maximum absolute atomic E-state index is 13.7. The standard InChI is InChI=1S/C11H13ClF2/c1-5(2)8-10(13)7(4)6(3)9(12)11(8)14/h5H,1-4H3. The lowest BCUT2D eigenvalue weighted by atomic mass is 9.96. The molecule has 0 radical (unpaired) electrons. The Labute approximate surface area is 87.9 Å². The van der Waals surface area contributed by atoms with Crippen LogP contribution in [-0.2, 0) is 0 Å². The van der Waals surface area contributed by atoms with E-state index in [0.29, 0.717) is 11.1 Å². The molecular formula is C11H13ClF2. The average molecular weight is 219 g/mol. The molecule has 0 spiro atoms. The molecule has 0 amide bonds. The Hall–Kier alpha value is -0.630. The van der Waals surface area contributed by atoms with Crippen LogP contribution >= 0.6 is 11.6 Å². The molecule has 0 fully saturated rings. The highest BCUT2D eigenvalue weighted by Crippen LogP contribution is 2.32. The minimum atomic E-state index is -0.623. The van der Waals surface area contributed by atoms with E-state index in [-0.39, 0.29) is 16.5 Å². The zero-order valence-corrected chi connectivity index (χ0v) is 9.47. The first-order chi connectivity index (χ1) is 6.37. The van der Waals surface area contributed by atoms with Gasteiger partial charge in [0.25, 0.3) is 0 Å². The summed E-state index contributed by atoms with van der Waals surface area (Å²) in [5.41, 5.74) is 0.990. The van der Waals surface area contributed by atoms with Gasteiger partial charge in [-0.3, -0.25) is 0 Å². The molecule has 0 N–H and O–H groups in total. The molecule has 0 aliphatic heterocycles. The summed E-state index contributed by atoms with van der Waals surface area (Å²) in [6, 6.07) is 0. The van der Waals surface area contributed by atoms with Crippen LogP contribution in [0.1, 0.15) is 36.5 Å². The Morgan fingerprint density at radius 2 is 1.50 bits per heavy atom. The molecule has 0 unspecified atom stereocenters. The van der Waals surface area contributed by atoms with Crippen molar-refractivity contribution in [3.63, 3.8) is 0 Å². The van der Waals surface area contributed by atoms with Gasteiger partial charge in [-0.05, 0) is 30.9 Å². The molecule has 14 heavy (non-hydrogen) atoms. The maximum Gasteiger partial charge on any atom is 0.148 e. The largest absolute Gasteiger partial charge is 0.206 e. The maximum atomic E-state index is 13.7. The molecule has 1 rings (SSSR count). The molecule has 1 aromatic rings. The van der Waals surface area contributed by atoms with Crippen LogP contribution in [-0.4, -0.2) is 0 Å². The van der Waals surface area contributed by atoms with Crippen molar-refractivity contribution in [2.75, 3.05) is 0 Å². The molecule has 0 aliphatic rings. The van der Waals surface area contributed by atoms with Gasteiger partial charge in [-0.15, -0.1) is 0 Å². The van der Waals surface area contributed by atoms with Crippen molar-refractivity contribution < 1.29 is 8.78 Å². The smallest absolute Gasteiger partial charge is 0.148 e. The molecule has 0 nitrogen and oxygen atoms in total. The molecule has 0 bridgehead atoms. The van der Waals surface area contributed by atoms with Crippen LogP contribution in [0.3, 0.4) is 0 Å². The van der Waals surface area contributed by atoms with E-state index >= 15 is 0 Å². The van der Waals surface area contributed by atoms with E-state index in [1.165, 1.54) is 0 Å². The topological polar surface area (TPSA) is 0 Å². The van der Waals surface area contributed by atoms with Crippen LogP contribution in [0.2, 0.25) is 5.02 Å². The Kier molecular flexibility index (Phi) is 3.15. The van der Waals surface area contributed by atoms with E-state index in [0.717, 1.165) is 0 Å². The zero-order chi connectivity index (χ0) is 11.0. The zero-order valence-electron chi connectivity index (χ0n) is 8.71. The molecular weight excluding hydrogens is 206 g/mol. The molecule has 0 aromatic heterocycles. The van der Waals surface area contributed by atoms with E-state index in [1.807, 2.05) is 0 Å².